The Bertz CT molecular complexity index is 810. The van der Waals surface area contributed by atoms with E-state index in [1.54, 1.807) is 24.3 Å². The lowest BCUT2D eigenvalue weighted by Crippen LogP contribution is -2.11. The fourth-order valence-corrected chi connectivity index (χ4v) is 2.90. The van der Waals surface area contributed by atoms with Crippen LogP contribution in [0.4, 0.5) is 4.39 Å². The molecule has 23 heavy (non-hydrogen) atoms. The van der Waals surface area contributed by atoms with Crippen LogP contribution < -0.4 is 5.14 Å². The SMILES string of the molecule is C/C(CCO)=C(/c1ccc(F)cc1)c1ccc(S(N)(=O)=O)cc1. The molecule has 0 radical (unpaired) electrons. The van der Waals surface area contributed by atoms with Crippen molar-refractivity contribution in [1.82, 2.24) is 0 Å². The van der Waals surface area contributed by atoms with Crippen LogP contribution in [0.25, 0.3) is 5.57 Å². The minimum absolute atomic E-state index is 0.00814. The van der Waals surface area contributed by atoms with E-state index in [0.717, 1.165) is 22.3 Å². The van der Waals surface area contributed by atoms with Gasteiger partial charge in [0.25, 0.3) is 0 Å². The third-order valence-corrected chi connectivity index (χ3v) is 4.45. The topological polar surface area (TPSA) is 80.4 Å². The van der Waals surface area contributed by atoms with Crippen molar-refractivity contribution in [3.8, 4) is 0 Å². The molecular weight excluding hydrogens is 317 g/mol. The molecule has 0 saturated heterocycles. The average Bonchev–Trinajstić information content (AvgIpc) is 2.49. The molecule has 0 aliphatic rings. The maximum absolute atomic E-state index is 13.1. The predicted molar refractivity (Wildman–Crippen MR) is 87.6 cm³/mol. The van der Waals surface area contributed by atoms with Crippen LogP contribution in [0, 0.1) is 5.82 Å². The summed E-state index contributed by atoms with van der Waals surface area (Å²) in [5.74, 6) is -0.336. The summed E-state index contributed by atoms with van der Waals surface area (Å²) in [5, 5.41) is 14.3. The standard InChI is InChI=1S/C17H18FNO3S/c1-12(10-11-20)17(13-2-6-15(18)7-3-13)14-4-8-16(9-5-14)23(19,21)22/h2-9,20H,10-11H2,1H3,(H2,19,21,22)/b17-12+. The molecular formula is C17H18FNO3S. The van der Waals surface area contributed by atoms with E-state index in [2.05, 4.69) is 0 Å². The summed E-state index contributed by atoms with van der Waals surface area (Å²) in [7, 11) is -3.75. The maximum Gasteiger partial charge on any atom is 0.238 e. The Morgan fingerprint density at radius 2 is 1.52 bits per heavy atom. The Balaban J connectivity index is 2.55. The smallest absolute Gasteiger partial charge is 0.238 e. The van der Waals surface area contributed by atoms with Crippen molar-refractivity contribution in [1.29, 1.82) is 0 Å². The van der Waals surface area contributed by atoms with E-state index < -0.39 is 10.0 Å². The molecule has 0 unspecified atom stereocenters. The maximum atomic E-state index is 13.1. The Morgan fingerprint density at radius 3 is 1.96 bits per heavy atom. The number of rotatable bonds is 5. The van der Waals surface area contributed by atoms with Gasteiger partial charge in [0.1, 0.15) is 5.82 Å². The summed E-state index contributed by atoms with van der Waals surface area (Å²) in [6, 6.07) is 12.2. The monoisotopic (exact) mass is 335 g/mol. The molecule has 0 heterocycles. The zero-order chi connectivity index (χ0) is 17.0. The Kier molecular flexibility index (Phi) is 5.30. The van der Waals surface area contributed by atoms with Gasteiger partial charge in [0.2, 0.25) is 10.0 Å². The number of primary sulfonamides is 1. The summed E-state index contributed by atoms with van der Waals surface area (Å²) in [4.78, 5) is 0.0273. The summed E-state index contributed by atoms with van der Waals surface area (Å²) in [5.41, 5.74) is 3.32. The number of sulfonamides is 1. The summed E-state index contributed by atoms with van der Waals surface area (Å²) in [6.07, 6.45) is 0.462. The number of benzene rings is 2. The van der Waals surface area contributed by atoms with Gasteiger partial charge in [-0.25, -0.2) is 17.9 Å². The normalized spacial score (nSPS) is 12.9. The second-order valence-corrected chi connectivity index (χ2v) is 6.77. The van der Waals surface area contributed by atoms with Crippen molar-refractivity contribution < 1.29 is 17.9 Å². The molecule has 0 spiro atoms. The average molecular weight is 335 g/mol. The molecule has 2 rings (SSSR count). The fraction of sp³-hybridized carbons (Fsp3) is 0.176. The lowest BCUT2D eigenvalue weighted by atomic mass is 9.92. The number of aliphatic hydroxyl groups excluding tert-OH is 1. The van der Waals surface area contributed by atoms with Crippen LogP contribution in [0.1, 0.15) is 24.5 Å². The molecule has 0 bridgehead atoms. The highest BCUT2D eigenvalue weighted by molar-refractivity contribution is 7.89. The lowest BCUT2D eigenvalue weighted by Gasteiger charge is -2.13. The highest BCUT2D eigenvalue weighted by Crippen LogP contribution is 2.29. The third kappa shape index (κ3) is 4.25. The third-order valence-electron chi connectivity index (χ3n) is 3.52. The van der Waals surface area contributed by atoms with Crippen LogP contribution in [0.3, 0.4) is 0 Å². The van der Waals surface area contributed by atoms with Gasteiger partial charge in [0.15, 0.2) is 0 Å². The number of hydrogen-bond donors (Lipinski definition) is 2. The van der Waals surface area contributed by atoms with Gasteiger partial charge in [0.05, 0.1) is 4.90 Å². The Hall–Kier alpha value is -2.02. The Morgan fingerprint density at radius 1 is 1.04 bits per heavy atom. The van der Waals surface area contributed by atoms with Crippen LogP contribution in [-0.4, -0.2) is 20.1 Å². The lowest BCUT2D eigenvalue weighted by molar-refractivity contribution is 0.299. The van der Waals surface area contributed by atoms with Gasteiger partial charge in [-0.3, -0.25) is 0 Å². The van der Waals surface area contributed by atoms with E-state index in [4.69, 9.17) is 5.14 Å². The number of nitrogens with two attached hydrogens (primary N) is 1. The number of aliphatic hydroxyl groups is 1. The van der Waals surface area contributed by atoms with Crippen molar-refractivity contribution in [2.24, 2.45) is 5.14 Å². The van der Waals surface area contributed by atoms with E-state index in [0.29, 0.717) is 6.42 Å². The largest absolute Gasteiger partial charge is 0.396 e. The van der Waals surface area contributed by atoms with Gasteiger partial charge in [-0.15, -0.1) is 0 Å². The molecule has 0 amide bonds. The van der Waals surface area contributed by atoms with E-state index in [1.165, 1.54) is 24.3 Å². The molecule has 0 fully saturated rings. The van der Waals surface area contributed by atoms with Crippen LogP contribution >= 0.6 is 0 Å². The number of hydrogen-bond acceptors (Lipinski definition) is 3. The molecule has 0 saturated carbocycles. The fourth-order valence-electron chi connectivity index (χ4n) is 2.38. The quantitative estimate of drug-likeness (QED) is 0.881. The highest BCUT2D eigenvalue weighted by atomic mass is 32.2. The second kappa shape index (κ2) is 7.04. The van der Waals surface area contributed by atoms with Crippen molar-refractivity contribution >= 4 is 15.6 Å². The van der Waals surface area contributed by atoms with Crippen LogP contribution in [0.5, 0.6) is 0 Å². The minimum Gasteiger partial charge on any atom is -0.396 e. The second-order valence-electron chi connectivity index (χ2n) is 5.21. The van der Waals surface area contributed by atoms with Gasteiger partial charge < -0.3 is 5.11 Å². The van der Waals surface area contributed by atoms with Crippen LogP contribution in [0.2, 0.25) is 0 Å². The number of halogens is 1. The van der Waals surface area contributed by atoms with E-state index in [1.807, 2.05) is 6.92 Å². The molecule has 2 aromatic rings. The molecule has 0 aliphatic heterocycles. The van der Waals surface area contributed by atoms with Gasteiger partial charge in [0, 0.05) is 6.61 Å². The molecule has 6 heteroatoms. The molecule has 2 aromatic carbocycles. The van der Waals surface area contributed by atoms with Gasteiger partial charge in [-0.1, -0.05) is 29.8 Å². The molecule has 0 aromatic heterocycles. The van der Waals surface area contributed by atoms with Gasteiger partial charge in [-0.2, -0.15) is 0 Å². The van der Waals surface area contributed by atoms with E-state index in [9.17, 15) is 17.9 Å². The van der Waals surface area contributed by atoms with Gasteiger partial charge in [-0.05, 0) is 54.3 Å². The van der Waals surface area contributed by atoms with Crippen molar-refractivity contribution in [3.05, 3.63) is 71.0 Å². The summed E-state index contributed by atoms with van der Waals surface area (Å²) >= 11 is 0. The first-order chi connectivity index (χ1) is 10.8. The van der Waals surface area contributed by atoms with E-state index in [-0.39, 0.29) is 17.3 Å². The first kappa shape index (κ1) is 17.3. The summed E-state index contributed by atoms with van der Waals surface area (Å²) in [6.45, 7) is 1.87. The molecule has 0 aliphatic carbocycles. The molecule has 122 valence electrons. The Labute approximate surface area is 135 Å². The minimum atomic E-state index is -3.75. The van der Waals surface area contributed by atoms with Gasteiger partial charge >= 0.3 is 0 Å². The van der Waals surface area contributed by atoms with Crippen LogP contribution in [-0.2, 0) is 10.0 Å². The first-order valence-electron chi connectivity index (χ1n) is 7.02. The molecule has 0 atom stereocenters. The van der Waals surface area contributed by atoms with E-state index >= 15 is 0 Å². The summed E-state index contributed by atoms with van der Waals surface area (Å²) < 4.78 is 35.8. The van der Waals surface area contributed by atoms with Crippen molar-refractivity contribution in [2.45, 2.75) is 18.2 Å². The molecule has 4 nitrogen and oxygen atoms in total. The zero-order valence-electron chi connectivity index (χ0n) is 12.7. The highest BCUT2D eigenvalue weighted by Gasteiger charge is 2.12. The first-order valence-corrected chi connectivity index (χ1v) is 8.57. The van der Waals surface area contributed by atoms with Crippen LogP contribution in [0.15, 0.2) is 59.0 Å². The van der Waals surface area contributed by atoms with Crippen molar-refractivity contribution in [2.75, 3.05) is 6.61 Å². The molecule has 3 N–H and O–H groups in total. The zero-order valence-corrected chi connectivity index (χ0v) is 13.5. The van der Waals surface area contributed by atoms with Crippen molar-refractivity contribution in [3.63, 3.8) is 0 Å². The predicted octanol–water partition coefficient (Wildman–Crippen LogP) is 2.68.